The predicted molar refractivity (Wildman–Crippen MR) is 53.1 cm³/mol. The SMILES string of the molecule is NC1CS(=O)(=O)CC1Oc1cnccn1. The van der Waals surface area contributed by atoms with Crippen LogP contribution < -0.4 is 10.5 Å². The first kappa shape index (κ1) is 10.3. The molecule has 1 aliphatic heterocycles. The number of ether oxygens (including phenoxy) is 1. The first-order chi connectivity index (χ1) is 7.07. The molecule has 0 aliphatic carbocycles. The van der Waals surface area contributed by atoms with Crippen LogP contribution in [0, 0.1) is 0 Å². The van der Waals surface area contributed by atoms with Crippen molar-refractivity contribution in [2.24, 2.45) is 5.73 Å². The first-order valence-electron chi connectivity index (χ1n) is 4.45. The van der Waals surface area contributed by atoms with E-state index in [1.54, 1.807) is 0 Å². The van der Waals surface area contributed by atoms with Gasteiger partial charge >= 0.3 is 0 Å². The van der Waals surface area contributed by atoms with Gasteiger partial charge in [-0.3, -0.25) is 4.98 Å². The summed E-state index contributed by atoms with van der Waals surface area (Å²) in [6, 6.07) is -0.489. The molecule has 2 N–H and O–H groups in total. The average Bonchev–Trinajstić information content (AvgIpc) is 2.41. The van der Waals surface area contributed by atoms with Gasteiger partial charge in [0.25, 0.3) is 0 Å². The van der Waals surface area contributed by atoms with Gasteiger partial charge in [-0.1, -0.05) is 0 Å². The number of nitrogens with two attached hydrogens (primary N) is 1. The Bertz CT molecular complexity index is 434. The third kappa shape index (κ3) is 2.42. The van der Waals surface area contributed by atoms with Crippen molar-refractivity contribution in [1.82, 2.24) is 9.97 Å². The highest BCUT2D eigenvalue weighted by molar-refractivity contribution is 7.91. The molecule has 0 aromatic carbocycles. The van der Waals surface area contributed by atoms with Crippen LogP contribution >= 0.6 is 0 Å². The van der Waals surface area contributed by atoms with Gasteiger partial charge in [0.05, 0.1) is 23.7 Å². The van der Waals surface area contributed by atoms with E-state index in [0.29, 0.717) is 5.88 Å². The molecule has 0 bridgehead atoms. The second-order valence-corrected chi connectivity index (χ2v) is 5.59. The molecule has 1 fully saturated rings. The highest BCUT2D eigenvalue weighted by Crippen LogP contribution is 2.16. The lowest BCUT2D eigenvalue weighted by atomic mass is 10.2. The Morgan fingerprint density at radius 2 is 2.20 bits per heavy atom. The van der Waals surface area contributed by atoms with Crippen LogP contribution in [0.2, 0.25) is 0 Å². The van der Waals surface area contributed by atoms with Crippen LogP contribution in [0.15, 0.2) is 18.6 Å². The lowest BCUT2D eigenvalue weighted by Gasteiger charge is -2.14. The largest absolute Gasteiger partial charge is 0.470 e. The van der Waals surface area contributed by atoms with Crippen LogP contribution in [-0.2, 0) is 9.84 Å². The van der Waals surface area contributed by atoms with Crippen LogP contribution in [0.1, 0.15) is 0 Å². The second kappa shape index (κ2) is 3.74. The summed E-state index contributed by atoms with van der Waals surface area (Å²) in [5.41, 5.74) is 5.65. The first-order valence-corrected chi connectivity index (χ1v) is 6.28. The van der Waals surface area contributed by atoms with Crippen molar-refractivity contribution in [3.8, 4) is 5.88 Å². The molecule has 7 heteroatoms. The van der Waals surface area contributed by atoms with Crippen LogP contribution in [0.4, 0.5) is 0 Å². The zero-order chi connectivity index (χ0) is 10.9. The zero-order valence-corrected chi connectivity index (χ0v) is 8.72. The quantitative estimate of drug-likeness (QED) is 0.697. The number of aromatic nitrogens is 2. The second-order valence-electron chi connectivity index (χ2n) is 3.44. The Labute approximate surface area is 87.4 Å². The minimum Gasteiger partial charge on any atom is -0.470 e. The van der Waals surface area contributed by atoms with E-state index in [1.807, 2.05) is 0 Å². The Hall–Kier alpha value is -1.21. The molecule has 1 aliphatic rings. The van der Waals surface area contributed by atoms with Crippen molar-refractivity contribution >= 4 is 9.84 Å². The molecule has 1 saturated heterocycles. The molecule has 2 unspecified atom stereocenters. The summed E-state index contributed by atoms with van der Waals surface area (Å²) in [5, 5.41) is 0. The van der Waals surface area contributed by atoms with Gasteiger partial charge in [-0.15, -0.1) is 0 Å². The summed E-state index contributed by atoms with van der Waals surface area (Å²) >= 11 is 0. The number of sulfone groups is 1. The molecular weight excluding hydrogens is 218 g/mol. The van der Waals surface area contributed by atoms with Crippen molar-refractivity contribution in [3.63, 3.8) is 0 Å². The van der Waals surface area contributed by atoms with E-state index in [1.165, 1.54) is 18.6 Å². The van der Waals surface area contributed by atoms with E-state index >= 15 is 0 Å². The zero-order valence-electron chi connectivity index (χ0n) is 7.91. The van der Waals surface area contributed by atoms with E-state index in [0.717, 1.165) is 0 Å². The summed E-state index contributed by atoms with van der Waals surface area (Å²) in [6.45, 7) is 0. The number of nitrogens with zero attached hydrogens (tertiary/aromatic N) is 2. The van der Waals surface area contributed by atoms with Crippen molar-refractivity contribution in [3.05, 3.63) is 18.6 Å². The summed E-state index contributed by atoms with van der Waals surface area (Å²) in [6.07, 6.45) is 3.90. The molecule has 0 spiro atoms. The summed E-state index contributed by atoms with van der Waals surface area (Å²) in [4.78, 5) is 7.70. The average molecular weight is 229 g/mol. The third-order valence-corrected chi connectivity index (χ3v) is 3.88. The molecule has 0 radical (unpaired) electrons. The Kier molecular flexibility index (Phi) is 2.57. The van der Waals surface area contributed by atoms with E-state index in [4.69, 9.17) is 10.5 Å². The van der Waals surface area contributed by atoms with Crippen LogP contribution in [0.25, 0.3) is 0 Å². The van der Waals surface area contributed by atoms with Crippen molar-refractivity contribution in [1.29, 1.82) is 0 Å². The Morgan fingerprint density at radius 1 is 1.40 bits per heavy atom. The minimum atomic E-state index is -3.06. The molecular formula is C8H11N3O3S. The normalized spacial score (nSPS) is 28.9. The fourth-order valence-electron chi connectivity index (χ4n) is 1.47. The van der Waals surface area contributed by atoms with Gasteiger partial charge in [-0.25, -0.2) is 13.4 Å². The summed E-state index contributed by atoms with van der Waals surface area (Å²) in [5.74, 6) is 0.220. The van der Waals surface area contributed by atoms with Crippen molar-refractivity contribution in [2.75, 3.05) is 11.5 Å². The number of hydrogen-bond acceptors (Lipinski definition) is 6. The van der Waals surface area contributed by atoms with Crippen molar-refractivity contribution in [2.45, 2.75) is 12.1 Å². The molecule has 0 amide bonds. The lowest BCUT2D eigenvalue weighted by molar-refractivity contribution is 0.200. The predicted octanol–water partition coefficient (Wildman–Crippen LogP) is -1.02. The molecule has 1 aromatic heterocycles. The van der Waals surface area contributed by atoms with E-state index in [2.05, 4.69) is 9.97 Å². The van der Waals surface area contributed by atoms with Crippen LogP contribution in [0.3, 0.4) is 0 Å². The van der Waals surface area contributed by atoms with E-state index in [-0.39, 0.29) is 11.5 Å². The summed E-state index contributed by atoms with van der Waals surface area (Å²) < 4.78 is 27.8. The number of rotatable bonds is 2. The van der Waals surface area contributed by atoms with Gasteiger partial charge < -0.3 is 10.5 Å². The van der Waals surface area contributed by atoms with Gasteiger partial charge in [0.1, 0.15) is 6.10 Å². The number of hydrogen-bond donors (Lipinski definition) is 1. The van der Waals surface area contributed by atoms with Crippen LogP contribution in [-0.4, -0.2) is 42.0 Å². The molecule has 1 aromatic rings. The fourth-order valence-corrected chi connectivity index (χ4v) is 3.22. The topological polar surface area (TPSA) is 95.2 Å². The maximum Gasteiger partial charge on any atom is 0.232 e. The highest BCUT2D eigenvalue weighted by atomic mass is 32.2. The fraction of sp³-hybridized carbons (Fsp3) is 0.500. The van der Waals surface area contributed by atoms with E-state index in [9.17, 15) is 8.42 Å². The molecule has 82 valence electrons. The molecule has 6 nitrogen and oxygen atoms in total. The monoisotopic (exact) mass is 229 g/mol. The Balaban J connectivity index is 2.08. The van der Waals surface area contributed by atoms with Gasteiger partial charge in [-0.2, -0.15) is 0 Å². The Morgan fingerprint density at radius 3 is 2.73 bits per heavy atom. The lowest BCUT2D eigenvalue weighted by Crippen LogP contribution is -2.37. The maximum atomic E-state index is 11.2. The smallest absolute Gasteiger partial charge is 0.232 e. The highest BCUT2D eigenvalue weighted by Gasteiger charge is 2.37. The van der Waals surface area contributed by atoms with E-state index < -0.39 is 22.0 Å². The molecule has 2 rings (SSSR count). The molecule has 15 heavy (non-hydrogen) atoms. The third-order valence-electron chi connectivity index (χ3n) is 2.15. The molecule has 2 heterocycles. The minimum absolute atomic E-state index is 0.0298. The van der Waals surface area contributed by atoms with Gasteiger partial charge in [0.15, 0.2) is 9.84 Å². The van der Waals surface area contributed by atoms with Crippen LogP contribution in [0.5, 0.6) is 5.88 Å². The maximum absolute atomic E-state index is 11.2. The molecule has 0 saturated carbocycles. The van der Waals surface area contributed by atoms with Crippen molar-refractivity contribution < 1.29 is 13.2 Å². The molecule has 2 atom stereocenters. The van der Waals surface area contributed by atoms with Gasteiger partial charge in [-0.05, 0) is 0 Å². The van der Waals surface area contributed by atoms with Gasteiger partial charge in [0.2, 0.25) is 5.88 Å². The summed E-state index contributed by atoms with van der Waals surface area (Å²) in [7, 11) is -3.06. The standard InChI is InChI=1S/C8H11N3O3S/c9-6-4-15(12,13)5-7(6)14-8-3-10-1-2-11-8/h1-3,6-7H,4-5,9H2. The van der Waals surface area contributed by atoms with Gasteiger partial charge in [0, 0.05) is 12.4 Å².